The largest absolute Gasteiger partial charge is 0.339 e. The Hall–Kier alpha value is -2.66. The topological polar surface area (TPSA) is 59.2 Å². The van der Waals surface area contributed by atoms with E-state index in [1.807, 2.05) is 47.4 Å². The molecule has 1 aliphatic heterocycles. The van der Waals surface area contributed by atoms with Gasteiger partial charge in [0.15, 0.2) is 0 Å². The van der Waals surface area contributed by atoms with Crippen LogP contribution in [-0.4, -0.2) is 34.0 Å². The molecule has 1 aromatic heterocycles. The van der Waals surface area contributed by atoms with Gasteiger partial charge >= 0.3 is 0 Å². The van der Waals surface area contributed by atoms with Crippen molar-refractivity contribution in [3.63, 3.8) is 0 Å². The highest BCUT2D eigenvalue weighted by molar-refractivity contribution is 6.30. The van der Waals surface area contributed by atoms with Crippen LogP contribution in [0.15, 0.2) is 59.1 Å². The van der Waals surface area contributed by atoms with Gasteiger partial charge in [-0.2, -0.15) is 4.98 Å². The first-order valence-corrected chi connectivity index (χ1v) is 9.02. The number of amides is 1. The molecule has 0 aliphatic carbocycles. The number of rotatable bonds is 3. The van der Waals surface area contributed by atoms with Gasteiger partial charge in [-0.15, -0.1) is 0 Å². The molecule has 132 valence electrons. The van der Waals surface area contributed by atoms with Gasteiger partial charge < -0.3 is 9.42 Å². The van der Waals surface area contributed by atoms with Crippen LogP contribution in [0.3, 0.4) is 0 Å². The fraction of sp³-hybridized carbons (Fsp3) is 0.250. The molecular weight excluding hydrogens is 350 g/mol. The lowest BCUT2D eigenvalue weighted by atomic mass is 9.97. The van der Waals surface area contributed by atoms with Crippen LogP contribution in [0.1, 0.15) is 35.0 Å². The van der Waals surface area contributed by atoms with E-state index in [-0.39, 0.29) is 11.8 Å². The van der Waals surface area contributed by atoms with Crippen molar-refractivity contribution in [1.82, 2.24) is 15.0 Å². The molecule has 0 N–H and O–H groups in total. The molecule has 4 rings (SSSR count). The van der Waals surface area contributed by atoms with Crippen LogP contribution in [0, 0.1) is 0 Å². The summed E-state index contributed by atoms with van der Waals surface area (Å²) in [7, 11) is 0. The molecule has 0 bridgehead atoms. The van der Waals surface area contributed by atoms with Crippen molar-refractivity contribution < 1.29 is 9.32 Å². The first-order valence-electron chi connectivity index (χ1n) is 8.64. The van der Waals surface area contributed by atoms with Crippen molar-refractivity contribution in [2.75, 3.05) is 13.1 Å². The average molecular weight is 368 g/mol. The van der Waals surface area contributed by atoms with Gasteiger partial charge in [0, 0.05) is 29.2 Å². The van der Waals surface area contributed by atoms with E-state index in [4.69, 9.17) is 16.1 Å². The lowest BCUT2D eigenvalue weighted by Gasteiger charge is -2.31. The van der Waals surface area contributed by atoms with E-state index >= 15 is 0 Å². The van der Waals surface area contributed by atoms with E-state index in [2.05, 4.69) is 10.1 Å². The summed E-state index contributed by atoms with van der Waals surface area (Å²) in [5.41, 5.74) is 1.57. The molecule has 0 unspecified atom stereocenters. The summed E-state index contributed by atoms with van der Waals surface area (Å²) in [5, 5.41) is 4.75. The number of nitrogens with zero attached hydrogens (tertiary/aromatic N) is 3. The minimum Gasteiger partial charge on any atom is -0.339 e. The summed E-state index contributed by atoms with van der Waals surface area (Å²) in [6.45, 7) is 1.35. The normalized spacial score (nSPS) is 17.3. The summed E-state index contributed by atoms with van der Waals surface area (Å²) < 4.78 is 5.49. The summed E-state index contributed by atoms with van der Waals surface area (Å²) in [6.07, 6.45) is 1.85. The highest BCUT2D eigenvalue weighted by Crippen LogP contribution is 2.28. The smallest absolute Gasteiger partial charge is 0.253 e. The van der Waals surface area contributed by atoms with Crippen LogP contribution in [0.2, 0.25) is 5.02 Å². The SMILES string of the molecule is O=C(c1ccccc1)N1CCC[C@H](c2nc(-c3ccc(Cl)cc3)no2)C1. The summed E-state index contributed by atoms with van der Waals surface area (Å²) >= 11 is 5.92. The predicted octanol–water partition coefficient (Wildman–Crippen LogP) is 4.41. The maximum atomic E-state index is 12.7. The molecule has 0 saturated carbocycles. The van der Waals surface area contributed by atoms with Gasteiger partial charge in [-0.25, -0.2) is 0 Å². The summed E-state index contributed by atoms with van der Waals surface area (Å²) in [4.78, 5) is 19.1. The van der Waals surface area contributed by atoms with Crippen LogP contribution in [0.4, 0.5) is 0 Å². The van der Waals surface area contributed by atoms with Gasteiger partial charge in [0.2, 0.25) is 11.7 Å². The van der Waals surface area contributed by atoms with Crippen molar-refractivity contribution in [1.29, 1.82) is 0 Å². The fourth-order valence-corrected chi connectivity index (χ4v) is 3.37. The Morgan fingerprint density at radius 2 is 1.88 bits per heavy atom. The number of hydrogen-bond acceptors (Lipinski definition) is 4. The Bertz CT molecular complexity index is 893. The van der Waals surface area contributed by atoms with Crippen LogP contribution in [0.25, 0.3) is 11.4 Å². The number of likely N-dealkylation sites (tertiary alicyclic amines) is 1. The fourth-order valence-electron chi connectivity index (χ4n) is 3.24. The molecule has 1 atom stereocenters. The zero-order chi connectivity index (χ0) is 17.9. The maximum absolute atomic E-state index is 12.7. The van der Waals surface area contributed by atoms with Crippen molar-refractivity contribution in [3.8, 4) is 11.4 Å². The average Bonchev–Trinajstić information content (AvgIpc) is 3.19. The Morgan fingerprint density at radius 3 is 2.65 bits per heavy atom. The third-order valence-corrected chi connectivity index (χ3v) is 4.87. The van der Waals surface area contributed by atoms with Crippen LogP contribution in [-0.2, 0) is 0 Å². The van der Waals surface area contributed by atoms with E-state index in [1.54, 1.807) is 12.1 Å². The van der Waals surface area contributed by atoms with Crippen molar-refractivity contribution in [2.45, 2.75) is 18.8 Å². The first-order chi connectivity index (χ1) is 12.7. The van der Waals surface area contributed by atoms with Crippen molar-refractivity contribution in [3.05, 3.63) is 71.1 Å². The van der Waals surface area contributed by atoms with E-state index < -0.39 is 0 Å². The van der Waals surface area contributed by atoms with Crippen LogP contribution in [0.5, 0.6) is 0 Å². The predicted molar refractivity (Wildman–Crippen MR) is 99.1 cm³/mol. The molecule has 2 aromatic carbocycles. The third-order valence-electron chi connectivity index (χ3n) is 4.62. The standard InChI is InChI=1S/C20H18ClN3O2/c21-17-10-8-14(9-11-17)18-22-19(26-23-18)16-7-4-12-24(13-16)20(25)15-5-2-1-3-6-15/h1-3,5-6,8-11,16H,4,7,12-13H2/t16-/m0/s1. The Kier molecular flexibility index (Phi) is 4.71. The van der Waals surface area contributed by atoms with Crippen molar-refractivity contribution >= 4 is 17.5 Å². The van der Waals surface area contributed by atoms with Crippen LogP contribution < -0.4 is 0 Å². The maximum Gasteiger partial charge on any atom is 0.253 e. The summed E-state index contributed by atoms with van der Waals surface area (Å²) in [6, 6.07) is 16.7. The third kappa shape index (κ3) is 3.48. The summed E-state index contributed by atoms with van der Waals surface area (Å²) in [5.74, 6) is 1.24. The number of benzene rings is 2. The number of piperidine rings is 1. The Morgan fingerprint density at radius 1 is 1.12 bits per heavy atom. The molecule has 1 fully saturated rings. The highest BCUT2D eigenvalue weighted by atomic mass is 35.5. The number of carbonyl (C=O) groups excluding carboxylic acids is 1. The number of halogens is 1. The van der Waals surface area contributed by atoms with E-state index in [0.717, 1.165) is 24.9 Å². The van der Waals surface area contributed by atoms with E-state index in [0.29, 0.717) is 28.8 Å². The molecular formula is C20H18ClN3O2. The monoisotopic (exact) mass is 367 g/mol. The lowest BCUT2D eigenvalue weighted by molar-refractivity contribution is 0.0695. The van der Waals surface area contributed by atoms with E-state index in [1.165, 1.54) is 0 Å². The van der Waals surface area contributed by atoms with Gasteiger partial charge in [-0.05, 0) is 49.2 Å². The van der Waals surface area contributed by atoms with E-state index in [9.17, 15) is 4.79 Å². The second kappa shape index (κ2) is 7.30. The molecule has 1 saturated heterocycles. The number of hydrogen-bond donors (Lipinski definition) is 0. The van der Waals surface area contributed by atoms with Crippen molar-refractivity contribution in [2.24, 2.45) is 0 Å². The molecule has 0 spiro atoms. The molecule has 2 heterocycles. The minimum atomic E-state index is 0.0488. The minimum absolute atomic E-state index is 0.0488. The molecule has 26 heavy (non-hydrogen) atoms. The molecule has 5 nitrogen and oxygen atoms in total. The second-order valence-electron chi connectivity index (χ2n) is 6.42. The quantitative estimate of drug-likeness (QED) is 0.688. The van der Waals surface area contributed by atoms with Crippen LogP contribution >= 0.6 is 11.6 Å². The molecule has 1 amide bonds. The Balaban J connectivity index is 1.50. The molecule has 1 aliphatic rings. The molecule has 0 radical (unpaired) electrons. The number of aromatic nitrogens is 2. The van der Waals surface area contributed by atoms with Gasteiger partial charge in [0.05, 0.1) is 5.92 Å². The lowest BCUT2D eigenvalue weighted by Crippen LogP contribution is -2.39. The molecule has 3 aromatic rings. The second-order valence-corrected chi connectivity index (χ2v) is 6.86. The van der Waals surface area contributed by atoms with Gasteiger partial charge in [0.25, 0.3) is 5.91 Å². The highest BCUT2D eigenvalue weighted by Gasteiger charge is 2.29. The van der Waals surface area contributed by atoms with Gasteiger partial charge in [-0.3, -0.25) is 4.79 Å². The Labute approximate surface area is 156 Å². The zero-order valence-corrected chi connectivity index (χ0v) is 14.9. The van der Waals surface area contributed by atoms with Gasteiger partial charge in [0.1, 0.15) is 0 Å². The molecule has 6 heteroatoms. The number of carbonyl (C=O) groups is 1. The zero-order valence-electron chi connectivity index (χ0n) is 14.1. The first kappa shape index (κ1) is 16.8. The van der Waals surface area contributed by atoms with Gasteiger partial charge in [-0.1, -0.05) is 35.0 Å².